The van der Waals surface area contributed by atoms with E-state index in [1.807, 2.05) is 0 Å². The molecule has 0 saturated heterocycles. The Bertz CT molecular complexity index is 199. The number of hydrogen-bond donors (Lipinski definition) is 2. The van der Waals surface area contributed by atoms with Gasteiger partial charge in [0.15, 0.2) is 0 Å². The first-order valence-corrected chi connectivity index (χ1v) is 3.11. The molecule has 0 fully saturated rings. The van der Waals surface area contributed by atoms with E-state index in [4.69, 9.17) is 10.2 Å². The number of aliphatic hydroxyl groups is 1. The second-order valence-electron chi connectivity index (χ2n) is 1.96. The Labute approximate surface area is 69.3 Å². The van der Waals surface area contributed by atoms with E-state index in [-0.39, 0.29) is 6.61 Å². The van der Waals surface area contributed by atoms with Gasteiger partial charge in [0.25, 0.3) is 0 Å². The third-order valence-electron chi connectivity index (χ3n) is 0.780. The van der Waals surface area contributed by atoms with E-state index < -0.39 is 18.0 Å². The number of carbonyl (C=O) groups is 2. The van der Waals surface area contributed by atoms with Gasteiger partial charge in [-0.15, -0.1) is 0 Å². The summed E-state index contributed by atoms with van der Waals surface area (Å²) in [6.45, 7) is 2.90. The molecule has 0 aliphatic carbocycles. The van der Waals surface area contributed by atoms with Crippen molar-refractivity contribution in [3.05, 3.63) is 19.1 Å². The van der Waals surface area contributed by atoms with E-state index in [0.29, 0.717) is 6.08 Å². The molecule has 0 rings (SSSR count). The standard InChI is InChI=1S/C7H9O5.Rf/c1-5(8)4-12-7(11)3-2-6(9)10;/h2-3,5,8H,1,4H2,(H,9,10);/q-1;/b3-2+;. The summed E-state index contributed by atoms with van der Waals surface area (Å²) < 4.78 is 4.35. The van der Waals surface area contributed by atoms with Gasteiger partial charge in [0.1, 0.15) is 0 Å². The smallest absolute Gasteiger partial charge is 0.331 e. The number of aliphatic hydroxyl groups excluding tert-OH is 1. The van der Waals surface area contributed by atoms with Crippen LogP contribution in [0.2, 0.25) is 0 Å². The van der Waals surface area contributed by atoms with Crippen LogP contribution in [-0.2, 0) is 14.3 Å². The molecule has 0 aliphatic heterocycles. The van der Waals surface area contributed by atoms with Crippen molar-refractivity contribution in [2.45, 2.75) is 6.10 Å². The Kier molecular flexibility index (Phi) is 6.48. The van der Waals surface area contributed by atoms with Crippen LogP contribution in [0.25, 0.3) is 0 Å². The molecular weight excluding hydrogens is 431 g/mol. The van der Waals surface area contributed by atoms with Crippen LogP contribution < -0.4 is 0 Å². The summed E-state index contributed by atoms with van der Waals surface area (Å²) in [6, 6.07) is 0. The molecule has 0 aliphatic rings. The molecule has 0 spiro atoms. The number of esters is 1. The summed E-state index contributed by atoms with van der Waals surface area (Å²) in [5.74, 6) is -2.05. The summed E-state index contributed by atoms with van der Waals surface area (Å²) >= 11 is 0. The third-order valence-corrected chi connectivity index (χ3v) is 0.780. The van der Waals surface area contributed by atoms with Gasteiger partial charge in [0.05, 0.1) is 6.61 Å². The van der Waals surface area contributed by atoms with Crippen LogP contribution in [0.15, 0.2) is 12.2 Å². The SMILES string of the molecule is [CH2-]C(O)COC(=O)/C=C/C(=O)O.[Rf]. The fourth-order valence-corrected chi connectivity index (χ4v) is 0.366. The summed E-state index contributed by atoms with van der Waals surface area (Å²) in [4.78, 5) is 20.4. The van der Waals surface area contributed by atoms with Gasteiger partial charge < -0.3 is 21.9 Å². The van der Waals surface area contributed by atoms with E-state index in [2.05, 4.69) is 11.7 Å². The molecule has 0 radical (unpaired) electrons. The van der Waals surface area contributed by atoms with Crippen molar-refractivity contribution in [1.29, 1.82) is 0 Å². The summed E-state index contributed by atoms with van der Waals surface area (Å²) in [5.41, 5.74) is 0. The number of aliphatic carboxylic acids is 1. The van der Waals surface area contributed by atoms with Gasteiger partial charge in [0.2, 0.25) is 0 Å². The molecule has 70 valence electrons. The second kappa shape index (κ2) is 6.36. The fourth-order valence-electron chi connectivity index (χ4n) is 0.366. The van der Waals surface area contributed by atoms with Crippen molar-refractivity contribution in [2.24, 2.45) is 0 Å². The van der Waals surface area contributed by atoms with E-state index in [9.17, 15) is 9.59 Å². The van der Waals surface area contributed by atoms with Crippen molar-refractivity contribution in [3.63, 3.8) is 0 Å². The van der Waals surface area contributed by atoms with Gasteiger partial charge >= 0.3 is 11.9 Å². The zero-order chi connectivity index (χ0) is 9.56. The van der Waals surface area contributed by atoms with Crippen molar-refractivity contribution >= 4 is 11.9 Å². The molecule has 0 aromatic carbocycles. The molecule has 5 nitrogen and oxygen atoms in total. The Morgan fingerprint density at radius 2 is 2.00 bits per heavy atom. The average Bonchev–Trinajstić information content (AvgIpc) is 1.96. The molecule has 0 bridgehead atoms. The largest absolute Gasteiger partial charge is 0.478 e. The Morgan fingerprint density at radius 1 is 1.46 bits per heavy atom. The van der Waals surface area contributed by atoms with Gasteiger partial charge in [0, 0.05) is 12.2 Å². The van der Waals surface area contributed by atoms with Crippen LogP contribution >= 0.6 is 0 Å². The molecule has 13 heavy (non-hydrogen) atoms. The van der Waals surface area contributed by atoms with Crippen molar-refractivity contribution in [1.82, 2.24) is 0 Å². The molecule has 1 unspecified atom stereocenters. The zero-order valence-electron chi connectivity index (χ0n) is 6.97. The normalized spacial score (nSPS) is 11.8. The molecular formula is C7H9O5Rf-. The van der Waals surface area contributed by atoms with Crippen LogP contribution in [0, 0.1) is 6.92 Å². The fraction of sp³-hybridized carbons (Fsp3) is 0.286. The molecule has 0 amide bonds. The van der Waals surface area contributed by atoms with Gasteiger partial charge in [-0.05, 0) is 6.10 Å². The van der Waals surface area contributed by atoms with E-state index in [0.717, 1.165) is 6.08 Å². The van der Waals surface area contributed by atoms with Crippen molar-refractivity contribution in [2.75, 3.05) is 6.61 Å². The van der Waals surface area contributed by atoms with Crippen LogP contribution in [0.4, 0.5) is 0 Å². The molecule has 0 saturated carbocycles. The number of carboxylic acid groups (broad SMARTS) is 1. The quantitative estimate of drug-likeness (QED) is 0.346. The maximum atomic E-state index is 10.5. The number of hydrogen-bond acceptors (Lipinski definition) is 4. The average molecular weight is 440 g/mol. The first kappa shape index (κ1) is 13.2. The number of carboxylic acids is 1. The van der Waals surface area contributed by atoms with Gasteiger partial charge in [-0.1, -0.05) is 0 Å². The monoisotopic (exact) mass is 440 g/mol. The topological polar surface area (TPSA) is 83.8 Å². The molecule has 2 N–H and O–H groups in total. The minimum absolute atomic E-state index is 0. The van der Waals surface area contributed by atoms with Gasteiger partial charge in [-0.25, -0.2) is 9.59 Å². The number of rotatable bonds is 4. The van der Waals surface area contributed by atoms with Crippen molar-refractivity contribution < 1.29 is 24.5 Å². The van der Waals surface area contributed by atoms with E-state index >= 15 is 0 Å². The predicted octanol–water partition coefficient (Wildman–Crippen LogP) is -0.635. The Hall–Kier alpha value is -2.36. The number of ether oxygens (including phenoxy) is 1. The van der Waals surface area contributed by atoms with E-state index in [1.165, 1.54) is 0 Å². The number of carbonyl (C=O) groups excluding carboxylic acids is 1. The third kappa shape index (κ3) is 9.64. The Morgan fingerprint density at radius 3 is 2.38 bits per heavy atom. The summed E-state index contributed by atoms with van der Waals surface area (Å²) in [6.07, 6.45) is 0.412. The van der Waals surface area contributed by atoms with Gasteiger partial charge in [-0.2, -0.15) is 0 Å². The Balaban J connectivity index is 0. The first-order valence-electron chi connectivity index (χ1n) is 3.11. The minimum Gasteiger partial charge on any atom is -0.478 e. The summed E-state index contributed by atoms with van der Waals surface area (Å²) in [7, 11) is 0. The van der Waals surface area contributed by atoms with Crippen LogP contribution in [-0.4, -0.2) is 34.9 Å². The van der Waals surface area contributed by atoms with Crippen LogP contribution in [0.1, 0.15) is 0 Å². The molecule has 0 aromatic heterocycles. The molecule has 0 aromatic rings. The molecule has 1 atom stereocenters. The zero-order valence-corrected chi connectivity index (χ0v) is 13.4. The summed E-state index contributed by atoms with van der Waals surface area (Å²) in [5, 5.41) is 16.6. The van der Waals surface area contributed by atoms with Gasteiger partial charge in [-0.3, -0.25) is 0 Å². The molecule has 6 heteroatoms. The van der Waals surface area contributed by atoms with E-state index in [1.54, 1.807) is 0 Å². The van der Waals surface area contributed by atoms with Crippen LogP contribution in [0.3, 0.4) is 0 Å². The second-order valence-corrected chi connectivity index (χ2v) is 1.96. The molecule has 0 heterocycles. The maximum Gasteiger partial charge on any atom is 0.331 e. The minimum atomic E-state index is -1.23. The predicted molar refractivity (Wildman–Crippen MR) is 39.1 cm³/mol. The van der Waals surface area contributed by atoms with Crippen LogP contribution in [0.5, 0.6) is 0 Å². The van der Waals surface area contributed by atoms with Crippen molar-refractivity contribution in [3.8, 4) is 0 Å². The maximum absolute atomic E-state index is 10.5. The first-order chi connectivity index (χ1) is 5.52.